The van der Waals surface area contributed by atoms with Crippen molar-refractivity contribution in [2.24, 2.45) is 0 Å². The molecule has 168 valence electrons. The second kappa shape index (κ2) is 10.3. The second-order valence-corrected chi connectivity index (χ2v) is 7.99. The van der Waals surface area contributed by atoms with Crippen LogP contribution < -0.4 is 0 Å². The van der Waals surface area contributed by atoms with Crippen molar-refractivity contribution in [2.45, 2.75) is 18.6 Å². The Kier molecular flexibility index (Phi) is 7.08. The van der Waals surface area contributed by atoms with Gasteiger partial charge in [0.05, 0.1) is 14.2 Å². The van der Waals surface area contributed by atoms with Gasteiger partial charge in [-0.3, -0.25) is 0 Å². The van der Waals surface area contributed by atoms with E-state index in [0.717, 1.165) is 33.4 Å². The van der Waals surface area contributed by atoms with Gasteiger partial charge in [0.1, 0.15) is 23.7 Å². The Morgan fingerprint density at radius 2 is 1.06 bits per heavy atom. The summed E-state index contributed by atoms with van der Waals surface area (Å²) in [4.78, 5) is 0. The lowest BCUT2D eigenvalue weighted by Crippen LogP contribution is -2.16. The molecule has 0 aliphatic heterocycles. The molecule has 0 aromatic heterocycles. The molecule has 0 spiro atoms. The highest BCUT2D eigenvalue weighted by molar-refractivity contribution is 5.64. The molecule has 2 N–H and O–H groups in total. The van der Waals surface area contributed by atoms with Crippen LogP contribution in [0.2, 0.25) is 0 Å². The number of ether oxygens (including phenoxy) is 2. The predicted molar refractivity (Wildman–Crippen MR) is 132 cm³/mol. The van der Waals surface area contributed by atoms with Crippen molar-refractivity contribution < 1.29 is 19.7 Å². The van der Waals surface area contributed by atoms with Gasteiger partial charge in [0, 0.05) is 6.42 Å². The molecule has 2 aromatic carbocycles. The van der Waals surface area contributed by atoms with Crippen LogP contribution in [-0.4, -0.2) is 36.6 Å². The highest BCUT2D eigenvalue weighted by Gasteiger charge is 2.24. The number of allylic oxidation sites excluding steroid dienone is 2. The molecule has 4 nitrogen and oxygen atoms in total. The number of aliphatic hydroxyl groups is 2. The second-order valence-electron chi connectivity index (χ2n) is 7.99. The molecule has 0 amide bonds. The van der Waals surface area contributed by atoms with Crippen LogP contribution in [0.3, 0.4) is 0 Å². The van der Waals surface area contributed by atoms with Crippen LogP contribution in [0.25, 0.3) is 12.2 Å². The zero-order valence-electron chi connectivity index (χ0n) is 18.8. The van der Waals surface area contributed by atoms with Gasteiger partial charge in [0.15, 0.2) is 0 Å². The highest BCUT2D eigenvalue weighted by Crippen LogP contribution is 2.34. The summed E-state index contributed by atoms with van der Waals surface area (Å²) in [5, 5.41) is 21.3. The predicted octanol–water partition coefficient (Wildman–Crippen LogP) is 5.21. The molecule has 0 saturated heterocycles. The van der Waals surface area contributed by atoms with Crippen LogP contribution in [0.1, 0.15) is 17.5 Å². The summed E-state index contributed by atoms with van der Waals surface area (Å²) in [6.45, 7) is 0. The van der Waals surface area contributed by atoms with E-state index < -0.39 is 12.2 Å². The minimum atomic E-state index is -0.753. The Labute approximate surface area is 194 Å². The van der Waals surface area contributed by atoms with Gasteiger partial charge in [0.2, 0.25) is 0 Å². The molecule has 2 unspecified atom stereocenters. The third-order valence-electron chi connectivity index (χ3n) is 5.70. The number of aliphatic hydroxyl groups excluding tert-OH is 2. The normalized spacial score (nSPS) is 22.9. The molecule has 2 aliphatic rings. The van der Waals surface area contributed by atoms with Gasteiger partial charge in [-0.25, -0.2) is 0 Å². The molecule has 2 atom stereocenters. The SMILES string of the molecule is COC1=CC(O)C(=Cc2ccccc2)C=C1CC1=CC(=Cc2ccccc2)C(O)C=C1OC. The molecule has 0 bridgehead atoms. The monoisotopic (exact) mass is 440 g/mol. The molecule has 2 aromatic rings. The minimum Gasteiger partial charge on any atom is -0.497 e. The third-order valence-corrected chi connectivity index (χ3v) is 5.70. The molecule has 0 saturated carbocycles. The van der Waals surface area contributed by atoms with Gasteiger partial charge in [-0.2, -0.15) is 0 Å². The average molecular weight is 441 g/mol. The lowest BCUT2D eigenvalue weighted by atomic mass is 9.88. The molecular weight excluding hydrogens is 412 g/mol. The summed E-state index contributed by atoms with van der Waals surface area (Å²) in [5.74, 6) is 1.26. The maximum Gasteiger partial charge on any atom is 0.121 e. The zero-order chi connectivity index (χ0) is 23.2. The van der Waals surface area contributed by atoms with Gasteiger partial charge in [-0.1, -0.05) is 60.7 Å². The number of methoxy groups -OCH3 is 2. The molecule has 0 radical (unpaired) electrons. The fourth-order valence-electron chi connectivity index (χ4n) is 4.03. The number of rotatable bonds is 6. The van der Waals surface area contributed by atoms with Crippen molar-refractivity contribution in [3.63, 3.8) is 0 Å². The van der Waals surface area contributed by atoms with E-state index in [2.05, 4.69) is 0 Å². The highest BCUT2D eigenvalue weighted by atomic mass is 16.5. The minimum absolute atomic E-state index is 0.525. The molecule has 4 rings (SSSR count). The fraction of sp³-hybridized carbons (Fsp3) is 0.172. The van der Waals surface area contributed by atoms with Crippen molar-refractivity contribution in [1.82, 2.24) is 0 Å². The van der Waals surface area contributed by atoms with E-state index >= 15 is 0 Å². The van der Waals surface area contributed by atoms with Crippen molar-refractivity contribution in [3.8, 4) is 0 Å². The van der Waals surface area contributed by atoms with Crippen LogP contribution in [0.15, 0.2) is 119 Å². The summed E-state index contributed by atoms with van der Waals surface area (Å²) < 4.78 is 11.2. The van der Waals surface area contributed by atoms with Crippen LogP contribution in [0.4, 0.5) is 0 Å². The fourth-order valence-corrected chi connectivity index (χ4v) is 4.03. The van der Waals surface area contributed by atoms with E-state index in [0.29, 0.717) is 17.9 Å². The maximum atomic E-state index is 10.6. The van der Waals surface area contributed by atoms with Crippen molar-refractivity contribution in [1.29, 1.82) is 0 Å². The molecule has 0 heterocycles. The molecule has 4 heteroatoms. The van der Waals surface area contributed by atoms with Gasteiger partial charge in [-0.05, 0) is 69.9 Å². The summed E-state index contributed by atoms with van der Waals surface area (Å²) in [5.41, 5.74) is 5.46. The van der Waals surface area contributed by atoms with E-state index in [1.165, 1.54) is 0 Å². The van der Waals surface area contributed by atoms with Gasteiger partial charge < -0.3 is 19.7 Å². The maximum absolute atomic E-state index is 10.6. The lowest BCUT2D eigenvalue weighted by molar-refractivity contribution is 0.237. The number of benzene rings is 2. The molecular formula is C29H28O4. The van der Waals surface area contributed by atoms with E-state index in [-0.39, 0.29) is 0 Å². The quantitative estimate of drug-likeness (QED) is 0.648. The van der Waals surface area contributed by atoms with Crippen molar-refractivity contribution in [3.05, 3.63) is 130 Å². The Hall–Kier alpha value is -3.60. The largest absolute Gasteiger partial charge is 0.497 e. The smallest absolute Gasteiger partial charge is 0.121 e. The van der Waals surface area contributed by atoms with E-state index in [1.54, 1.807) is 26.4 Å². The van der Waals surface area contributed by atoms with Crippen LogP contribution in [0, 0.1) is 0 Å². The van der Waals surface area contributed by atoms with Crippen LogP contribution in [0.5, 0.6) is 0 Å². The summed E-state index contributed by atoms with van der Waals surface area (Å²) >= 11 is 0. The summed E-state index contributed by atoms with van der Waals surface area (Å²) in [6, 6.07) is 19.8. The van der Waals surface area contributed by atoms with Crippen molar-refractivity contribution >= 4 is 12.2 Å². The third kappa shape index (κ3) is 5.43. The Bertz CT molecular complexity index is 1070. The Morgan fingerprint density at radius 3 is 1.42 bits per heavy atom. The first-order valence-corrected chi connectivity index (χ1v) is 10.9. The molecule has 33 heavy (non-hydrogen) atoms. The number of hydrogen-bond donors (Lipinski definition) is 2. The first kappa shape index (κ1) is 22.6. The summed E-state index contributed by atoms with van der Waals surface area (Å²) in [7, 11) is 3.20. The first-order valence-electron chi connectivity index (χ1n) is 10.9. The Balaban J connectivity index is 1.69. The zero-order valence-corrected chi connectivity index (χ0v) is 18.8. The van der Waals surface area contributed by atoms with Gasteiger partial charge in [-0.15, -0.1) is 0 Å². The van der Waals surface area contributed by atoms with Crippen LogP contribution in [-0.2, 0) is 9.47 Å². The van der Waals surface area contributed by atoms with Gasteiger partial charge >= 0.3 is 0 Å². The molecule has 2 aliphatic carbocycles. The van der Waals surface area contributed by atoms with E-state index in [9.17, 15) is 10.2 Å². The Morgan fingerprint density at radius 1 is 0.667 bits per heavy atom. The summed E-state index contributed by atoms with van der Waals surface area (Å²) in [6.07, 6.45) is 10.3. The topological polar surface area (TPSA) is 58.9 Å². The lowest BCUT2D eigenvalue weighted by Gasteiger charge is -2.25. The van der Waals surface area contributed by atoms with Gasteiger partial charge in [0.25, 0.3) is 0 Å². The molecule has 0 fully saturated rings. The van der Waals surface area contributed by atoms with E-state index in [4.69, 9.17) is 9.47 Å². The van der Waals surface area contributed by atoms with Crippen molar-refractivity contribution in [2.75, 3.05) is 14.2 Å². The van der Waals surface area contributed by atoms with Crippen LogP contribution >= 0.6 is 0 Å². The number of hydrogen-bond acceptors (Lipinski definition) is 4. The van der Waals surface area contributed by atoms with E-state index in [1.807, 2.05) is 85.0 Å². The average Bonchev–Trinajstić information content (AvgIpc) is 2.84. The first-order chi connectivity index (χ1) is 16.1. The standard InChI is InChI=1S/C29H28O4/c1-32-28-18-26(30)22(13-20-9-5-3-6-10-20)15-24(28)17-25-16-23(27(31)19-29(25)33-2)14-21-11-7-4-8-12-21/h3-16,18-19,26-27,30-31H,17H2,1-2H3.